The van der Waals surface area contributed by atoms with Crippen LogP contribution < -0.4 is 14.8 Å². The van der Waals surface area contributed by atoms with Crippen LogP contribution >= 0.6 is 11.6 Å². The number of aromatic hydroxyl groups is 1. The van der Waals surface area contributed by atoms with Gasteiger partial charge in [-0.1, -0.05) is 11.6 Å². The number of phenolic OH excluding ortho intramolecular Hbond substituents is 1. The largest absolute Gasteiger partial charge is 0.507 e. The lowest BCUT2D eigenvalue weighted by Gasteiger charge is -2.18. The van der Waals surface area contributed by atoms with Crippen LogP contribution in [0.1, 0.15) is 17.9 Å². The number of benzene rings is 1. The molecule has 1 atom stereocenters. The summed E-state index contributed by atoms with van der Waals surface area (Å²) in [6, 6.07) is 1.55. The molecule has 2 rings (SSSR count). The van der Waals surface area contributed by atoms with Gasteiger partial charge in [0.05, 0.1) is 19.2 Å². The van der Waals surface area contributed by atoms with Crippen molar-refractivity contribution in [3.63, 3.8) is 0 Å². The van der Waals surface area contributed by atoms with Crippen molar-refractivity contribution < 1.29 is 14.6 Å². The Morgan fingerprint density at radius 3 is 2.71 bits per heavy atom. The standard InChI is InChI=1S/C12H16ClNO3/c1-16-9-5-8(15)10(7-3-4-14-6-7)11(13)12(9)17-2/h5,7,14-15H,3-4,6H2,1-2H3. The van der Waals surface area contributed by atoms with Gasteiger partial charge in [-0.15, -0.1) is 0 Å². The molecule has 1 aromatic carbocycles. The number of ether oxygens (including phenoxy) is 2. The highest BCUT2D eigenvalue weighted by atomic mass is 35.5. The molecular formula is C12H16ClNO3. The first-order chi connectivity index (χ1) is 8.19. The van der Waals surface area contributed by atoms with Gasteiger partial charge in [-0.3, -0.25) is 0 Å². The van der Waals surface area contributed by atoms with Gasteiger partial charge in [-0.25, -0.2) is 0 Å². The zero-order valence-corrected chi connectivity index (χ0v) is 10.7. The van der Waals surface area contributed by atoms with Crippen LogP contribution in [0.15, 0.2) is 6.07 Å². The van der Waals surface area contributed by atoms with Crippen molar-refractivity contribution in [1.82, 2.24) is 5.32 Å². The van der Waals surface area contributed by atoms with Gasteiger partial charge >= 0.3 is 0 Å². The van der Waals surface area contributed by atoms with E-state index in [0.717, 1.165) is 25.1 Å². The summed E-state index contributed by atoms with van der Waals surface area (Å²) in [5.74, 6) is 1.32. The molecule has 1 aliphatic rings. The molecule has 1 saturated heterocycles. The van der Waals surface area contributed by atoms with Crippen LogP contribution in [-0.4, -0.2) is 32.4 Å². The molecule has 0 amide bonds. The quantitative estimate of drug-likeness (QED) is 0.871. The predicted molar refractivity (Wildman–Crippen MR) is 66.4 cm³/mol. The molecule has 1 unspecified atom stereocenters. The summed E-state index contributed by atoms with van der Waals surface area (Å²) in [4.78, 5) is 0. The Kier molecular flexibility index (Phi) is 3.64. The van der Waals surface area contributed by atoms with Crippen LogP contribution in [0.25, 0.3) is 0 Å². The number of methoxy groups -OCH3 is 2. The van der Waals surface area contributed by atoms with Crippen LogP contribution in [0.2, 0.25) is 5.02 Å². The summed E-state index contributed by atoms with van der Waals surface area (Å²) in [5, 5.41) is 13.7. The molecular weight excluding hydrogens is 242 g/mol. The monoisotopic (exact) mass is 257 g/mol. The lowest BCUT2D eigenvalue weighted by atomic mass is 9.96. The Morgan fingerprint density at radius 1 is 1.41 bits per heavy atom. The van der Waals surface area contributed by atoms with Crippen molar-refractivity contribution in [2.24, 2.45) is 0 Å². The molecule has 0 spiro atoms. The molecule has 0 radical (unpaired) electrons. The van der Waals surface area contributed by atoms with Gasteiger partial charge in [0, 0.05) is 24.1 Å². The van der Waals surface area contributed by atoms with Crippen LogP contribution in [0, 0.1) is 0 Å². The Hall–Kier alpha value is -1.13. The van der Waals surface area contributed by atoms with Gasteiger partial charge in [0.25, 0.3) is 0 Å². The minimum absolute atomic E-state index is 0.168. The molecule has 1 fully saturated rings. The summed E-state index contributed by atoms with van der Waals surface area (Å²) in [7, 11) is 3.06. The lowest BCUT2D eigenvalue weighted by Crippen LogP contribution is -2.09. The van der Waals surface area contributed by atoms with Crippen LogP contribution in [0.3, 0.4) is 0 Å². The van der Waals surface area contributed by atoms with Gasteiger partial charge in [0.1, 0.15) is 5.75 Å². The molecule has 4 nitrogen and oxygen atoms in total. The van der Waals surface area contributed by atoms with E-state index in [0.29, 0.717) is 16.5 Å². The molecule has 0 saturated carbocycles. The second-order valence-corrected chi connectivity index (χ2v) is 4.43. The van der Waals surface area contributed by atoms with Crippen molar-refractivity contribution in [2.45, 2.75) is 12.3 Å². The van der Waals surface area contributed by atoms with Crippen molar-refractivity contribution >= 4 is 11.6 Å². The smallest absolute Gasteiger partial charge is 0.179 e. The van der Waals surface area contributed by atoms with Crippen LogP contribution in [0.4, 0.5) is 0 Å². The van der Waals surface area contributed by atoms with Gasteiger partial charge < -0.3 is 19.9 Å². The van der Waals surface area contributed by atoms with Crippen molar-refractivity contribution in [3.05, 3.63) is 16.7 Å². The molecule has 0 aliphatic carbocycles. The first kappa shape index (κ1) is 12.3. The van der Waals surface area contributed by atoms with E-state index >= 15 is 0 Å². The number of nitrogens with one attached hydrogen (secondary N) is 1. The fourth-order valence-corrected chi connectivity index (χ4v) is 2.66. The first-order valence-electron chi connectivity index (χ1n) is 5.53. The van der Waals surface area contributed by atoms with Gasteiger partial charge in [0.2, 0.25) is 0 Å². The molecule has 2 N–H and O–H groups in total. The number of phenols is 1. The number of halogens is 1. The highest BCUT2D eigenvalue weighted by Crippen LogP contribution is 2.46. The third-order valence-electron chi connectivity index (χ3n) is 3.10. The van der Waals surface area contributed by atoms with E-state index in [1.165, 1.54) is 14.2 Å². The number of hydrogen-bond acceptors (Lipinski definition) is 4. The van der Waals surface area contributed by atoms with E-state index in [2.05, 4.69) is 5.32 Å². The maximum atomic E-state index is 10.0. The SMILES string of the molecule is COc1cc(O)c(C2CCNC2)c(Cl)c1OC. The first-order valence-corrected chi connectivity index (χ1v) is 5.90. The molecule has 5 heteroatoms. The van der Waals surface area contributed by atoms with Gasteiger partial charge in [-0.2, -0.15) is 0 Å². The highest BCUT2D eigenvalue weighted by molar-refractivity contribution is 6.33. The van der Waals surface area contributed by atoms with E-state index in [4.69, 9.17) is 21.1 Å². The van der Waals surface area contributed by atoms with Gasteiger partial charge in [-0.05, 0) is 13.0 Å². The van der Waals surface area contributed by atoms with E-state index < -0.39 is 0 Å². The van der Waals surface area contributed by atoms with E-state index in [9.17, 15) is 5.11 Å². The van der Waals surface area contributed by atoms with Crippen LogP contribution in [0.5, 0.6) is 17.2 Å². The Morgan fingerprint density at radius 2 is 2.18 bits per heavy atom. The number of rotatable bonds is 3. The van der Waals surface area contributed by atoms with E-state index in [1.807, 2.05) is 0 Å². The fraction of sp³-hybridized carbons (Fsp3) is 0.500. The topological polar surface area (TPSA) is 50.7 Å². The zero-order chi connectivity index (χ0) is 12.4. The van der Waals surface area contributed by atoms with Gasteiger partial charge in [0.15, 0.2) is 11.5 Å². The van der Waals surface area contributed by atoms with E-state index in [-0.39, 0.29) is 11.7 Å². The third kappa shape index (κ3) is 2.15. The molecule has 0 aromatic heterocycles. The second-order valence-electron chi connectivity index (χ2n) is 4.05. The maximum Gasteiger partial charge on any atom is 0.179 e. The Bertz CT molecular complexity index is 417. The molecule has 0 bridgehead atoms. The van der Waals surface area contributed by atoms with E-state index in [1.54, 1.807) is 6.07 Å². The summed E-state index contributed by atoms with van der Waals surface area (Å²) in [5.41, 5.74) is 0.745. The second kappa shape index (κ2) is 5.02. The van der Waals surface area contributed by atoms with Crippen molar-refractivity contribution in [2.75, 3.05) is 27.3 Å². The number of hydrogen-bond donors (Lipinski definition) is 2. The Labute approximate surface area is 105 Å². The summed E-state index contributed by atoms with van der Waals surface area (Å²) in [6.45, 7) is 1.76. The highest BCUT2D eigenvalue weighted by Gasteiger charge is 2.26. The predicted octanol–water partition coefficient (Wildman–Crippen LogP) is 2.14. The lowest BCUT2D eigenvalue weighted by molar-refractivity contribution is 0.350. The summed E-state index contributed by atoms with van der Waals surface area (Å²) < 4.78 is 10.4. The average molecular weight is 258 g/mol. The molecule has 17 heavy (non-hydrogen) atoms. The maximum absolute atomic E-state index is 10.0. The van der Waals surface area contributed by atoms with Crippen LogP contribution in [-0.2, 0) is 0 Å². The Balaban J connectivity index is 2.51. The minimum atomic E-state index is 0.168. The summed E-state index contributed by atoms with van der Waals surface area (Å²) in [6.07, 6.45) is 0.961. The molecule has 1 aromatic rings. The molecule has 1 aliphatic heterocycles. The van der Waals surface area contributed by atoms with Crippen molar-refractivity contribution in [1.29, 1.82) is 0 Å². The zero-order valence-electron chi connectivity index (χ0n) is 9.92. The third-order valence-corrected chi connectivity index (χ3v) is 3.47. The summed E-state index contributed by atoms with van der Waals surface area (Å²) >= 11 is 6.29. The molecule has 94 valence electrons. The minimum Gasteiger partial charge on any atom is -0.507 e. The van der Waals surface area contributed by atoms with Crippen molar-refractivity contribution in [3.8, 4) is 17.2 Å². The molecule has 1 heterocycles. The fourth-order valence-electron chi connectivity index (χ4n) is 2.24. The average Bonchev–Trinajstić information content (AvgIpc) is 2.82. The normalized spacial score (nSPS) is 19.4.